The molecule has 2 rings (SSSR count). The zero-order chi connectivity index (χ0) is 13.0. The number of rotatable bonds is 5. The molecule has 0 radical (unpaired) electrons. The molecule has 0 atom stereocenters. The lowest BCUT2D eigenvalue weighted by Gasteiger charge is -2.09. The number of halogens is 1. The molecule has 0 fully saturated rings. The van der Waals surface area contributed by atoms with Crippen LogP contribution in [0.3, 0.4) is 0 Å². The van der Waals surface area contributed by atoms with Crippen molar-refractivity contribution in [1.82, 2.24) is 5.32 Å². The largest absolute Gasteiger partial charge is 0.503 e. The molecule has 0 aliphatic rings. The molecular weight excluding hydrogens is 298 g/mol. The smallest absolute Gasteiger partial charge is 0.172 e. The predicted molar refractivity (Wildman–Crippen MR) is 71.6 cm³/mol. The highest BCUT2D eigenvalue weighted by Gasteiger charge is 2.08. The van der Waals surface area contributed by atoms with Crippen molar-refractivity contribution in [2.45, 2.75) is 13.1 Å². The van der Waals surface area contributed by atoms with E-state index in [4.69, 9.17) is 9.15 Å². The lowest BCUT2D eigenvalue weighted by atomic mass is 10.2. The van der Waals surface area contributed by atoms with E-state index < -0.39 is 0 Å². The van der Waals surface area contributed by atoms with E-state index in [9.17, 15) is 5.11 Å². The summed E-state index contributed by atoms with van der Waals surface area (Å²) in [5, 5.41) is 12.9. The summed E-state index contributed by atoms with van der Waals surface area (Å²) in [6, 6.07) is 7.43. The molecule has 0 saturated heterocycles. The third-order valence-corrected chi connectivity index (χ3v) is 3.12. The van der Waals surface area contributed by atoms with Crippen molar-refractivity contribution in [2.24, 2.45) is 0 Å². The molecule has 1 aromatic heterocycles. The van der Waals surface area contributed by atoms with Crippen molar-refractivity contribution in [2.75, 3.05) is 7.11 Å². The molecule has 96 valence electrons. The van der Waals surface area contributed by atoms with Gasteiger partial charge in [-0.2, -0.15) is 0 Å². The quantitative estimate of drug-likeness (QED) is 0.891. The SMILES string of the molecule is COc1cc(CNCc2ccco2)cc(Br)c1O. The Morgan fingerprint density at radius 3 is 2.89 bits per heavy atom. The summed E-state index contributed by atoms with van der Waals surface area (Å²) < 4.78 is 10.9. The van der Waals surface area contributed by atoms with Gasteiger partial charge in [-0.05, 0) is 45.8 Å². The fourth-order valence-electron chi connectivity index (χ4n) is 1.63. The molecule has 0 aliphatic heterocycles. The van der Waals surface area contributed by atoms with E-state index in [0.29, 0.717) is 23.3 Å². The Bertz CT molecular complexity index is 511. The Labute approximate surface area is 114 Å². The Morgan fingerprint density at radius 1 is 1.39 bits per heavy atom. The molecule has 0 saturated carbocycles. The summed E-state index contributed by atoms with van der Waals surface area (Å²) in [6.45, 7) is 1.32. The number of phenolic OH excluding ortho intramolecular Hbond substituents is 1. The third kappa shape index (κ3) is 3.05. The van der Waals surface area contributed by atoms with Gasteiger partial charge in [0.25, 0.3) is 0 Å². The molecule has 0 amide bonds. The van der Waals surface area contributed by atoms with Crippen molar-refractivity contribution >= 4 is 15.9 Å². The van der Waals surface area contributed by atoms with E-state index in [0.717, 1.165) is 11.3 Å². The summed E-state index contributed by atoms with van der Waals surface area (Å²) in [6.07, 6.45) is 1.65. The maximum atomic E-state index is 9.69. The molecule has 0 aliphatic carbocycles. The van der Waals surface area contributed by atoms with Crippen molar-refractivity contribution in [3.63, 3.8) is 0 Å². The zero-order valence-corrected chi connectivity index (χ0v) is 11.5. The molecular formula is C13H14BrNO3. The Balaban J connectivity index is 1.99. The van der Waals surface area contributed by atoms with Gasteiger partial charge < -0.3 is 19.6 Å². The lowest BCUT2D eigenvalue weighted by molar-refractivity contribution is 0.371. The number of ether oxygens (including phenoxy) is 1. The number of aromatic hydroxyl groups is 1. The van der Waals surface area contributed by atoms with E-state index in [-0.39, 0.29) is 5.75 Å². The summed E-state index contributed by atoms with van der Waals surface area (Å²) in [4.78, 5) is 0. The fraction of sp³-hybridized carbons (Fsp3) is 0.231. The van der Waals surface area contributed by atoms with Crippen LogP contribution in [0.2, 0.25) is 0 Å². The topological polar surface area (TPSA) is 54.6 Å². The second-order valence-electron chi connectivity index (χ2n) is 3.81. The van der Waals surface area contributed by atoms with Crippen LogP contribution < -0.4 is 10.1 Å². The maximum Gasteiger partial charge on any atom is 0.172 e. The zero-order valence-electron chi connectivity index (χ0n) is 9.94. The number of hydrogen-bond acceptors (Lipinski definition) is 4. The van der Waals surface area contributed by atoms with Crippen LogP contribution in [0.5, 0.6) is 11.5 Å². The van der Waals surface area contributed by atoms with Gasteiger partial charge in [-0.15, -0.1) is 0 Å². The van der Waals surface area contributed by atoms with Crippen LogP contribution in [0, 0.1) is 0 Å². The van der Waals surface area contributed by atoms with Crippen LogP contribution in [-0.2, 0) is 13.1 Å². The first-order valence-electron chi connectivity index (χ1n) is 5.49. The second-order valence-corrected chi connectivity index (χ2v) is 4.67. The van der Waals surface area contributed by atoms with Crippen molar-refractivity contribution < 1.29 is 14.3 Å². The monoisotopic (exact) mass is 311 g/mol. The minimum atomic E-state index is 0.118. The summed E-state index contributed by atoms with van der Waals surface area (Å²) in [7, 11) is 1.53. The standard InChI is InChI=1S/C13H14BrNO3/c1-17-12-6-9(5-11(14)13(12)16)7-15-8-10-3-2-4-18-10/h2-6,15-16H,7-8H2,1H3. The van der Waals surface area contributed by atoms with E-state index in [1.54, 1.807) is 12.3 Å². The van der Waals surface area contributed by atoms with Gasteiger partial charge in [0.1, 0.15) is 5.76 Å². The van der Waals surface area contributed by atoms with Crippen LogP contribution in [-0.4, -0.2) is 12.2 Å². The molecule has 0 bridgehead atoms. The molecule has 4 nitrogen and oxygen atoms in total. The second kappa shape index (κ2) is 5.93. The van der Waals surface area contributed by atoms with Gasteiger partial charge in [0.15, 0.2) is 11.5 Å². The highest BCUT2D eigenvalue weighted by molar-refractivity contribution is 9.10. The van der Waals surface area contributed by atoms with Gasteiger partial charge in [-0.3, -0.25) is 0 Å². The van der Waals surface area contributed by atoms with Gasteiger partial charge in [0, 0.05) is 6.54 Å². The lowest BCUT2D eigenvalue weighted by Crippen LogP contribution is -2.12. The first-order valence-corrected chi connectivity index (χ1v) is 6.28. The number of phenols is 1. The molecule has 2 N–H and O–H groups in total. The normalized spacial score (nSPS) is 10.6. The van der Waals surface area contributed by atoms with Gasteiger partial charge >= 0.3 is 0 Å². The van der Waals surface area contributed by atoms with Crippen molar-refractivity contribution in [1.29, 1.82) is 0 Å². The van der Waals surface area contributed by atoms with E-state index in [2.05, 4.69) is 21.2 Å². The minimum absolute atomic E-state index is 0.118. The minimum Gasteiger partial charge on any atom is -0.503 e. The number of furan rings is 1. The Morgan fingerprint density at radius 2 is 2.22 bits per heavy atom. The highest BCUT2D eigenvalue weighted by Crippen LogP contribution is 2.35. The van der Waals surface area contributed by atoms with Crippen molar-refractivity contribution in [3.05, 3.63) is 46.3 Å². The molecule has 2 aromatic rings. The number of methoxy groups -OCH3 is 1. The van der Waals surface area contributed by atoms with Gasteiger partial charge in [-0.25, -0.2) is 0 Å². The third-order valence-electron chi connectivity index (χ3n) is 2.52. The van der Waals surface area contributed by atoms with Crippen LogP contribution in [0.1, 0.15) is 11.3 Å². The summed E-state index contributed by atoms with van der Waals surface area (Å²) >= 11 is 3.29. The highest BCUT2D eigenvalue weighted by atomic mass is 79.9. The predicted octanol–water partition coefficient (Wildman–Crippen LogP) is 3.05. The molecule has 1 aromatic carbocycles. The average Bonchev–Trinajstić information content (AvgIpc) is 2.86. The summed E-state index contributed by atoms with van der Waals surface area (Å²) in [5.41, 5.74) is 1.02. The van der Waals surface area contributed by atoms with Crippen LogP contribution in [0.15, 0.2) is 39.4 Å². The average molecular weight is 312 g/mol. The Kier molecular flexibility index (Phi) is 4.28. The van der Waals surface area contributed by atoms with Crippen LogP contribution in [0.25, 0.3) is 0 Å². The molecule has 18 heavy (non-hydrogen) atoms. The van der Waals surface area contributed by atoms with Gasteiger partial charge in [0.05, 0.1) is 24.4 Å². The van der Waals surface area contributed by atoms with Crippen molar-refractivity contribution in [3.8, 4) is 11.5 Å². The van der Waals surface area contributed by atoms with E-state index in [1.807, 2.05) is 18.2 Å². The van der Waals surface area contributed by atoms with E-state index >= 15 is 0 Å². The van der Waals surface area contributed by atoms with Gasteiger partial charge in [0.2, 0.25) is 0 Å². The molecule has 1 heterocycles. The molecule has 0 spiro atoms. The summed E-state index contributed by atoms with van der Waals surface area (Å²) in [5.74, 6) is 1.46. The van der Waals surface area contributed by atoms with E-state index in [1.165, 1.54) is 7.11 Å². The molecule has 5 heteroatoms. The Hall–Kier alpha value is -1.46. The maximum absolute atomic E-state index is 9.69. The number of hydrogen-bond donors (Lipinski definition) is 2. The number of benzene rings is 1. The molecule has 0 unspecified atom stereocenters. The number of nitrogens with one attached hydrogen (secondary N) is 1. The van der Waals surface area contributed by atoms with Crippen LogP contribution >= 0.6 is 15.9 Å². The first-order chi connectivity index (χ1) is 8.70. The first kappa shape index (κ1) is 13.0. The van der Waals surface area contributed by atoms with Crippen LogP contribution in [0.4, 0.5) is 0 Å². The van der Waals surface area contributed by atoms with Gasteiger partial charge in [-0.1, -0.05) is 0 Å². The fourth-order valence-corrected chi connectivity index (χ4v) is 2.12.